The van der Waals surface area contributed by atoms with Crippen LogP contribution in [0.5, 0.6) is 0 Å². The highest BCUT2D eigenvalue weighted by molar-refractivity contribution is 7.09. The number of anilines is 1. The SMILES string of the molecule is CCC(CCCl)Nc1nc(C(C)C)ns1. The quantitative estimate of drug-likeness (QED) is 0.782. The van der Waals surface area contributed by atoms with E-state index >= 15 is 0 Å². The van der Waals surface area contributed by atoms with Crippen molar-refractivity contribution in [2.24, 2.45) is 0 Å². The minimum Gasteiger partial charge on any atom is -0.358 e. The van der Waals surface area contributed by atoms with Gasteiger partial charge in [-0.05, 0) is 12.8 Å². The van der Waals surface area contributed by atoms with Gasteiger partial charge in [-0.25, -0.2) is 4.98 Å². The second kappa shape index (κ2) is 6.28. The Balaban J connectivity index is 2.55. The van der Waals surface area contributed by atoms with E-state index in [2.05, 4.69) is 35.4 Å². The number of aromatic nitrogens is 2. The molecule has 0 amide bonds. The molecule has 0 spiro atoms. The van der Waals surface area contributed by atoms with E-state index in [1.165, 1.54) is 11.5 Å². The number of hydrogen-bond acceptors (Lipinski definition) is 4. The third-order valence-electron chi connectivity index (χ3n) is 2.24. The molecule has 86 valence electrons. The molecule has 5 heteroatoms. The average molecular weight is 248 g/mol. The lowest BCUT2D eigenvalue weighted by atomic mass is 10.2. The number of rotatable bonds is 6. The molecule has 1 heterocycles. The lowest BCUT2D eigenvalue weighted by Gasteiger charge is -2.13. The standard InChI is InChI=1S/C10H18ClN3S/c1-4-8(5-6-11)12-10-13-9(7(2)3)14-15-10/h7-8H,4-6H2,1-3H3,(H,12,13,14). The van der Waals surface area contributed by atoms with E-state index in [4.69, 9.17) is 11.6 Å². The highest BCUT2D eigenvalue weighted by Gasteiger charge is 2.11. The van der Waals surface area contributed by atoms with Crippen molar-refractivity contribution in [3.8, 4) is 0 Å². The Kier molecular flexibility index (Phi) is 5.32. The summed E-state index contributed by atoms with van der Waals surface area (Å²) in [6, 6.07) is 0.412. The molecule has 1 aromatic heterocycles. The molecule has 0 aliphatic carbocycles. The van der Waals surface area contributed by atoms with Crippen molar-refractivity contribution in [2.75, 3.05) is 11.2 Å². The molecular formula is C10H18ClN3S. The smallest absolute Gasteiger partial charge is 0.202 e. The van der Waals surface area contributed by atoms with E-state index in [1.807, 2.05) is 0 Å². The first-order valence-electron chi connectivity index (χ1n) is 5.33. The van der Waals surface area contributed by atoms with Crippen molar-refractivity contribution < 1.29 is 0 Å². The van der Waals surface area contributed by atoms with E-state index in [0.29, 0.717) is 17.8 Å². The average Bonchev–Trinajstić information content (AvgIpc) is 2.65. The number of nitrogens with one attached hydrogen (secondary N) is 1. The highest BCUT2D eigenvalue weighted by atomic mass is 35.5. The molecule has 0 saturated carbocycles. The maximum atomic E-state index is 5.72. The predicted octanol–water partition coefficient (Wildman–Crippen LogP) is 3.48. The summed E-state index contributed by atoms with van der Waals surface area (Å²) in [5.41, 5.74) is 0. The van der Waals surface area contributed by atoms with Gasteiger partial charge < -0.3 is 5.32 Å². The normalized spacial score (nSPS) is 13.1. The lowest BCUT2D eigenvalue weighted by molar-refractivity contribution is 0.673. The van der Waals surface area contributed by atoms with Gasteiger partial charge in [0.1, 0.15) is 5.82 Å². The number of alkyl halides is 1. The largest absolute Gasteiger partial charge is 0.358 e. The van der Waals surface area contributed by atoms with Crippen LogP contribution in [0.15, 0.2) is 0 Å². The van der Waals surface area contributed by atoms with Crippen molar-refractivity contribution in [1.29, 1.82) is 0 Å². The second-order valence-electron chi connectivity index (χ2n) is 3.84. The molecule has 1 atom stereocenters. The second-order valence-corrected chi connectivity index (χ2v) is 4.97. The summed E-state index contributed by atoms with van der Waals surface area (Å²) >= 11 is 7.16. The number of halogens is 1. The van der Waals surface area contributed by atoms with E-state index in [-0.39, 0.29) is 0 Å². The maximum Gasteiger partial charge on any atom is 0.202 e. The fourth-order valence-corrected chi connectivity index (χ4v) is 2.26. The predicted molar refractivity (Wildman–Crippen MR) is 67.0 cm³/mol. The van der Waals surface area contributed by atoms with E-state index in [1.54, 1.807) is 0 Å². The van der Waals surface area contributed by atoms with E-state index in [9.17, 15) is 0 Å². The van der Waals surface area contributed by atoms with E-state index < -0.39 is 0 Å². The molecule has 1 unspecified atom stereocenters. The summed E-state index contributed by atoms with van der Waals surface area (Å²) in [4.78, 5) is 4.43. The molecule has 0 aromatic carbocycles. The zero-order valence-electron chi connectivity index (χ0n) is 9.46. The van der Waals surface area contributed by atoms with Crippen LogP contribution in [0.3, 0.4) is 0 Å². The first-order valence-corrected chi connectivity index (χ1v) is 6.64. The summed E-state index contributed by atoms with van der Waals surface area (Å²) in [6.45, 7) is 6.35. The van der Waals surface area contributed by atoms with Crippen molar-refractivity contribution in [3.05, 3.63) is 5.82 Å². The Labute approximate surface area is 100 Å². The van der Waals surface area contributed by atoms with Gasteiger partial charge in [0.25, 0.3) is 0 Å². The van der Waals surface area contributed by atoms with Gasteiger partial charge in [0, 0.05) is 29.4 Å². The molecule has 0 fully saturated rings. The molecule has 1 rings (SSSR count). The summed E-state index contributed by atoms with van der Waals surface area (Å²) in [5.74, 6) is 1.99. The van der Waals surface area contributed by atoms with Gasteiger partial charge in [0.2, 0.25) is 5.13 Å². The van der Waals surface area contributed by atoms with Gasteiger partial charge in [0.05, 0.1) is 0 Å². The van der Waals surface area contributed by atoms with Crippen molar-refractivity contribution in [3.63, 3.8) is 0 Å². The Hall–Kier alpha value is -0.350. The Morgan fingerprint density at radius 1 is 1.47 bits per heavy atom. The van der Waals surface area contributed by atoms with Crippen LogP contribution in [-0.4, -0.2) is 21.3 Å². The first-order chi connectivity index (χ1) is 7.17. The molecule has 0 bridgehead atoms. The maximum absolute atomic E-state index is 5.72. The summed E-state index contributed by atoms with van der Waals surface area (Å²) < 4.78 is 4.30. The molecule has 1 N–H and O–H groups in total. The van der Waals surface area contributed by atoms with Crippen LogP contribution >= 0.6 is 23.1 Å². The topological polar surface area (TPSA) is 37.8 Å². The van der Waals surface area contributed by atoms with Gasteiger partial charge >= 0.3 is 0 Å². The zero-order chi connectivity index (χ0) is 11.3. The summed E-state index contributed by atoms with van der Waals surface area (Å²) in [6.07, 6.45) is 2.03. The van der Waals surface area contributed by atoms with Gasteiger partial charge in [-0.3, -0.25) is 0 Å². The Morgan fingerprint density at radius 3 is 2.67 bits per heavy atom. The number of nitrogens with zero attached hydrogens (tertiary/aromatic N) is 2. The van der Waals surface area contributed by atoms with E-state index in [0.717, 1.165) is 23.8 Å². The molecule has 0 saturated heterocycles. The molecule has 0 aliphatic rings. The minimum absolute atomic E-state index is 0.393. The number of hydrogen-bond donors (Lipinski definition) is 1. The Morgan fingerprint density at radius 2 is 2.20 bits per heavy atom. The van der Waals surface area contributed by atoms with Crippen LogP contribution in [0, 0.1) is 0 Å². The third-order valence-corrected chi connectivity index (χ3v) is 3.11. The van der Waals surface area contributed by atoms with Crippen molar-refractivity contribution in [1.82, 2.24) is 9.36 Å². The van der Waals surface area contributed by atoms with Crippen LogP contribution in [0.2, 0.25) is 0 Å². The van der Waals surface area contributed by atoms with Crippen molar-refractivity contribution in [2.45, 2.75) is 45.6 Å². The van der Waals surface area contributed by atoms with Crippen molar-refractivity contribution >= 4 is 28.3 Å². The molecule has 3 nitrogen and oxygen atoms in total. The third kappa shape index (κ3) is 3.95. The van der Waals surface area contributed by atoms with Gasteiger partial charge in [-0.1, -0.05) is 20.8 Å². The summed E-state index contributed by atoms with van der Waals surface area (Å²) in [7, 11) is 0. The van der Waals surface area contributed by atoms with Crippen LogP contribution < -0.4 is 5.32 Å². The highest BCUT2D eigenvalue weighted by Crippen LogP contribution is 2.19. The fourth-order valence-electron chi connectivity index (χ4n) is 1.21. The molecule has 0 radical (unpaired) electrons. The molecular weight excluding hydrogens is 230 g/mol. The van der Waals surface area contributed by atoms with Crippen LogP contribution in [0.1, 0.15) is 45.4 Å². The monoisotopic (exact) mass is 247 g/mol. The minimum atomic E-state index is 0.393. The molecule has 1 aromatic rings. The van der Waals surface area contributed by atoms with Crippen LogP contribution in [-0.2, 0) is 0 Å². The zero-order valence-corrected chi connectivity index (χ0v) is 11.0. The first kappa shape index (κ1) is 12.7. The van der Waals surface area contributed by atoms with Gasteiger partial charge in [-0.15, -0.1) is 11.6 Å². The molecule has 15 heavy (non-hydrogen) atoms. The lowest BCUT2D eigenvalue weighted by Crippen LogP contribution is -2.18. The summed E-state index contributed by atoms with van der Waals surface area (Å²) in [5, 5.41) is 4.28. The van der Waals surface area contributed by atoms with Crippen LogP contribution in [0.25, 0.3) is 0 Å². The van der Waals surface area contributed by atoms with Gasteiger partial charge in [-0.2, -0.15) is 4.37 Å². The fraction of sp³-hybridized carbons (Fsp3) is 0.800. The molecule has 0 aliphatic heterocycles. The van der Waals surface area contributed by atoms with Gasteiger partial charge in [0.15, 0.2) is 0 Å². The van der Waals surface area contributed by atoms with Crippen LogP contribution in [0.4, 0.5) is 5.13 Å². The Bertz CT molecular complexity index is 288.